The molecule has 0 aliphatic carbocycles. The fourth-order valence-electron chi connectivity index (χ4n) is 2.73. The fraction of sp³-hybridized carbons (Fsp3) is 0.176. The van der Waals surface area contributed by atoms with Crippen molar-refractivity contribution < 1.29 is 0 Å². The lowest BCUT2D eigenvalue weighted by Gasteiger charge is -2.18. The summed E-state index contributed by atoms with van der Waals surface area (Å²) in [6.07, 6.45) is 0. The molecule has 0 saturated heterocycles. The third-order valence-corrected chi connectivity index (χ3v) is 4.68. The molecule has 1 atom stereocenters. The molecule has 0 radical (unpaired) electrons. The first-order chi connectivity index (χ1) is 9.18. The molecule has 1 heterocycles. The van der Waals surface area contributed by atoms with Crippen molar-refractivity contribution in [3.05, 3.63) is 70.1 Å². The molecule has 0 aliphatic heterocycles. The standard InChI is InChI=1S/C17H17NS/c1-11-5-3-6-12(2)15(11)16(18)14-8-4-7-13-9-10-19-17(13)14/h3-10,16H,18H2,1-2H3. The molecule has 2 heteroatoms. The van der Waals surface area contributed by atoms with Crippen LogP contribution in [0.15, 0.2) is 47.8 Å². The van der Waals surface area contributed by atoms with Crippen molar-refractivity contribution in [2.24, 2.45) is 5.73 Å². The Labute approximate surface area is 117 Å². The van der Waals surface area contributed by atoms with Gasteiger partial charge < -0.3 is 5.73 Å². The Morgan fingerprint density at radius 3 is 2.37 bits per heavy atom. The number of aryl methyl sites for hydroxylation is 2. The number of fused-ring (bicyclic) bond motifs is 1. The Morgan fingerprint density at radius 1 is 0.947 bits per heavy atom. The number of hydrogen-bond donors (Lipinski definition) is 1. The Morgan fingerprint density at radius 2 is 1.63 bits per heavy atom. The Bertz CT molecular complexity index is 707. The second kappa shape index (κ2) is 4.80. The minimum Gasteiger partial charge on any atom is -0.320 e. The Kier molecular flexibility index (Phi) is 3.13. The van der Waals surface area contributed by atoms with Crippen LogP contribution in [0.3, 0.4) is 0 Å². The van der Waals surface area contributed by atoms with Crippen molar-refractivity contribution in [3.8, 4) is 0 Å². The number of thiophene rings is 1. The summed E-state index contributed by atoms with van der Waals surface area (Å²) in [5, 5.41) is 3.41. The van der Waals surface area contributed by atoms with Gasteiger partial charge in [0, 0.05) is 4.70 Å². The monoisotopic (exact) mass is 267 g/mol. The van der Waals surface area contributed by atoms with Crippen molar-refractivity contribution in [3.63, 3.8) is 0 Å². The summed E-state index contributed by atoms with van der Waals surface area (Å²) in [6, 6.07) is 14.9. The molecule has 3 rings (SSSR count). The van der Waals surface area contributed by atoms with Crippen LogP contribution in [0.25, 0.3) is 10.1 Å². The van der Waals surface area contributed by atoms with E-state index in [0.717, 1.165) is 0 Å². The quantitative estimate of drug-likeness (QED) is 0.723. The van der Waals surface area contributed by atoms with Crippen LogP contribution in [0.4, 0.5) is 0 Å². The highest BCUT2D eigenvalue weighted by molar-refractivity contribution is 7.17. The van der Waals surface area contributed by atoms with Crippen LogP contribution in [0.1, 0.15) is 28.3 Å². The van der Waals surface area contributed by atoms with E-state index in [9.17, 15) is 0 Å². The molecule has 19 heavy (non-hydrogen) atoms. The summed E-state index contributed by atoms with van der Waals surface area (Å²) in [7, 11) is 0. The average molecular weight is 267 g/mol. The molecule has 96 valence electrons. The van der Waals surface area contributed by atoms with E-state index in [1.165, 1.54) is 32.3 Å². The van der Waals surface area contributed by atoms with E-state index in [-0.39, 0.29) is 6.04 Å². The predicted molar refractivity (Wildman–Crippen MR) is 83.8 cm³/mol. The van der Waals surface area contributed by atoms with E-state index in [0.29, 0.717) is 0 Å². The van der Waals surface area contributed by atoms with Crippen molar-refractivity contribution in [1.29, 1.82) is 0 Å². The van der Waals surface area contributed by atoms with Gasteiger partial charge in [-0.3, -0.25) is 0 Å². The second-order valence-electron chi connectivity index (χ2n) is 4.97. The third kappa shape index (κ3) is 2.07. The lowest BCUT2D eigenvalue weighted by atomic mass is 9.91. The van der Waals surface area contributed by atoms with Gasteiger partial charge in [0.25, 0.3) is 0 Å². The molecule has 0 spiro atoms. The zero-order chi connectivity index (χ0) is 13.4. The lowest BCUT2D eigenvalue weighted by Crippen LogP contribution is -2.14. The molecule has 2 N–H and O–H groups in total. The van der Waals surface area contributed by atoms with Gasteiger partial charge in [-0.1, -0.05) is 36.4 Å². The first-order valence-corrected chi connectivity index (χ1v) is 7.34. The summed E-state index contributed by atoms with van der Waals surface area (Å²) in [6.45, 7) is 4.27. The van der Waals surface area contributed by atoms with Crippen molar-refractivity contribution in [2.75, 3.05) is 0 Å². The van der Waals surface area contributed by atoms with Gasteiger partial charge in [0.1, 0.15) is 0 Å². The molecule has 0 bridgehead atoms. The molecule has 0 fully saturated rings. The van der Waals surface area contributed by atoms with Gasteiger partial charge in [0.2, 0.25) is 0 Å². The van der Waals surface area contributed by atoms with Crippen molar-refractivity contribution in [2.45, 2.75) is 19.9 Å². The zero-order valence-electron chi connectivity index (χ0n) is 11.2. The van der Waals surface area contributed by atoms with E-state index < -0.39 is 0 Å². The number of nitrogens with two attached hydrogens (primary N) is 1. The molecular weight excluding hydrogens is 250 g/mol. The van der Waals surface area contributed by atoms with E-state index in [1.807, 2.05) is 0 Å². The van der Waals surface area contributed by atoms with Crippen LogP contribution in [0.5, 0.6) is 0 Å². The average Bonchev–Trinajstić information content (AvgIpc) is 2.86. The summed E-state index contributed by atoms with van der Waals surface area (Å²) in [5.41, 5.74) is 11.6. The van der Waals surface area contributed by atoms with Crippen LogP contribution in [-0.4, -0.2) is 0 Å². The van der Waals surface area contributed by atoms with Crippen molar-refractivity contribution in [1.82, 2.24) is 0 Å². The van der Waals surface area contributed by atoms with Gasteiger partial charge in [-0.25, -0.2) is 0 Å². The molecular formula is C17H17NS. The highest BCUT2D eigenvalue weighted by atomic mass is 32.1. The van der Waals surface area contributed by atoms with Crippen LogP contribution < -0.4 is 5.73 Å². The van der Waals surface area contributed by atoms with E-state index >= 15 is 0 Å². The van der Waals surface area contributed by atoms with Gasteiger partial charge in [0.05, 0.1) is 6.04 Å². The maximum absolute atomic E-state index is 6.55. The highest BCUT2D eigenvalue weighted by Gasteiger charge is 2.16. The second-order valence-corrected chi connectivity index (χ2v) is 5.89. The minimum atomic E-state index is -0.0523. The first-order valence-electron chi connectivity index (χ1n) is 6.46. The number of rotatable bonds is 2. The summed E-state index contributed by atoms with van der Waals surface area (Å²) < 4.78 is 1.30. The molecule has 1 unspecified atom stereocenters. The van der Waals surface area contributed by atoms with Gasteiger partial charge in [-0.15, -0.1) is 11.3 Å². The molecule has 0 aliphatic rings. The van der Waals surface area contributed by atoms with Crippen LogP contribution in [0.2, 0.25) is 0 Å². The largest absolute Gasteiger partial charge is 0.320 e. The Balaban J connectivity index is 2.19. The predicted octanol–water partition coefficient (Wildman–Crippen LogP) is 4.57. The molecule has 1 nitrogen and oxygen atoms in total. The summed E-state index contributed by atoms with van der Waals surface area (Å²) >= 11 is 1.77. The molecule has 3 aromatic rings. The molecule has 0 amide bonds. The van der Waals surface area contributed by atoms with Gasteiger partial charge >= 0.3 is 0 Å². The van der Waals surface area contributed by atoms with E-state index in [2.05, 4.69) is 61.7 Å². The van der Waals surface area contributed by atoms with E-state index in [1.54, 1.807) is 11.3 Å². The van der Waals surface area contributed by atoms with Gasteiger partial charge in [-0.2, -0.15) is 0 Å². The van der Waals surface area contributed by atoms with Gasteiger partial charge in [0.15, 0.2) is 0 Å². The van der Waals surface area contributed by atoms with Crippen LogP contribution in [0, 0.1) is 13.8 Å². The zero-order valence-corrected chi connectivity index (χ0v) is 12.0. The minimum absolute atomic E-state index is 0.0523. The van der Waals surface area contributed by atoms with Crippen LogP contribution >= 0.6 is 11.3 Å². The number of hydrogen-bond acceptors (Lipinski definition) is 2. The summed E-state index contributed by atoms with van der Waals surface area (Å²) in [4.78, 5) is 0. The molecule has 1 aromatic heterocycles. The fourth-order valence-corrected chi connectivity index (χ4v) is 3.69. The summed E-state index contributed by atoms with van der Waals surface area (Å²) in [5.74, 6) is 0. The Hall–Kier alpha value is -1.64. The lowest BCUT2D eigenvalue weighted by molar-refractivity contribution is 0.861. The SMILES string of the molecule is Cc1cccc(C)c1C(N)c1cccc2ccsc12. The maximum Gasteiger partial charge on any atom is 0.0571 e. The maximum atomic E-state index is 6.55. The van der Waals surface area contributed by atoms with Crippen molar-refractivity contribution >= 4 is 21.4 Å². The number of benzene rings is 2. The molecule has 2 aromatic carbocycles. The highest BCUT2D eigenvalue weighted by Crippen LogP contribution is 2.33. The van der Waals surface area contributed by atoms with E-state index in [4.69, 9.17) is 5.73 Å². The molecule has 0 saturated carbocycles. The smallest absolute Gasteiger partial charge is 0.0571 e. The normalized spacial score (nSPS) is 12.8. The third-order valence-electron chi connectivity index (χ3n) is 3.70. The first kappa shape index (κ1) is 12.4. The van der Waals surface area contributed by atoms with Crippen LogP contribution in [-0.2, 0) is 0 Å². The topological polar surface area (TPSA) is 26.0 Å². The van der Waals surface area contributed by atoms with Gasteiger partial charge in [-0.05, 0) is 52.9 Å².